The Labute approximate surface area is 172 Å². The Morgan fingerprint density at radius 2 is 2.03 bits per heavy atom. The van der Waals surface area contributed by atoms with Gasteiger partial charge in [-0.15, -0.1) is 10.2 Å². The number of aromatic nitrogens is 3. The zero-order valence-corrected chi connectivity index (χ0v) is 17.5. The van der Waals surface area contributed by atoms with Crippen molar-refractivity contribution in [3.05, 3.63) is 52.7 Å². The minimum Gasteiger partial charge on any atom is -0.309 e. The van der Waals surface area contributed by atoms with Crippen LogP contribution in [0.2, 0.25) is 0 Å². The fourth-order valence-electron chi connectivity index (χ4n) is 2.57. The second kappa shape index (κ2) is 8.86. The largest absolute Gasteiger partial charge is 0.309 e. The molecule has 1 N–H and O–H groups in total. The lowest BCUT2D eigenvalue weighted by Gasteiger charge is -2.11. The number of nitro benzene ring substituents is 1. The van der Waals surface area contributed by atoms with Crippen molar-refractivity contribution in [2.24, 2.45) is 0 Å². The molecule has 0 spiro atoms. The molecule has 0 bridgehead atoms. The number of hydrogen-bond acceptors (Lipinski definition) is 8. The third-order valence-corrected chi connectivity index (χ3v) is 6.48. The monoisotopic (exact) mass is 436 g/mol. The number of nitrogens with one attached hydrogen (secondary N) is 1. The summed E-state index contributed by atoms with van der Waals surface area (Å²) in [5, 5.41) is 20.1. The van der Waals surface area contributed by atoms with Gasteiger partial charge in [0.15, 0.2) is 5.65 Å². The molecule has 0 saturated carbocycles. The van der Waals surface area contributed by atoms with E-state index >= 15 is 0 Å². The van der Waals surface area contributed by atoms with Crippen LogP contribution in [0.25, 0.3) is 5.65 Å². The van der Waals surface area contributed by atoms with Gasteiger partial charge in [0.1, 0.15) is 0 Å². The first-order chi connectivity index (χ1) is 13.8. The maximum absolute atomic E-state index is 12.5. The molecule has 0 atom stereocenters. The smallest absolute Gasteiger partial charge is 0.284 e. The summed E-state index contributed by atoms with van der Waals surface area (Å²) in [5.41, 5.74) is 0.303. The van der Waals surface area contributed by atoms with E-state index < -0.39 is 14.9 Å². The zero-order chi connectivity index (χ0) is 21.0. The standard InChI is InChI=1S/C17H20N6O4S2/c1-21(2)10-5-9-18-29(26,27)13-7-8-15(14(12-13)23(24)25)28-17-20-19-16-6-3-4-11-22(16)17/h3-4,6-8,11-12,18H,5,9-10H2,1-2H3. The molecular weight excluding hydrogens is 416 g/mol. The molecule has 12 heteroatoms. The second-order valence-electron chi connectivity index (χ2n) is 6.45. The van der Waals surface area contributed by atoms with Gasteiger partial charge in [0, 0.05) is 18.8 Å². The molecule has 2 heterocycles. The van der Waals surface area contributed by atoms with E-state index in [0.717, 1.165) is 24.4 Å². The topological polar surface area (TPSA) is 123 Å². The van der Waals surface area contributed by atoms with Crippen LogP contribution in [0.15, 0.2) is 57.5 Å². The molecule has 0 aliphatic heterocycles. The van der Waals surface area contributed by atoms with Crippen LogP contribution in [-0.4, -0.2) is 60.0 Å². The lowest BCUT2D eigenvalue weighted by molar-refractivity contribution is -0.388. The molecule has 3 aromatic rings. The molecule has 0 fully saturated rings. The van der Waals surface area contributed by atoms with Crippen LogP contribution in [0.4, 0.5) is 5.69 Å². The Bertz CT molecular complexity index is 1130. The van der Waals surface area contributed by atoms with Crippen molar-refractivity contribution in [2.45, 2.75) is 21.4 Å². The molecule has 154 valence electrons. The molecule has 2 aromatic heterocycles. The minimum atomic E-state index is -3.84. The molecule has 0 radical (unpaired) electrons. The third-order valence-electron chi connectivity index (χ3n) is 4.00. The highest BCUT2D eigenvalue weighted by Crippen LogP contribution is 2.35. The number of benzene rings is 1. The van der Waals surface area contributed by atoms with Crippen molar-refractivity contribution in [3.63, 3.8) is 0 Å². The van der Waals surface area contributed by atoms with Gasteiger partial charge >= 0.3 is 0 Å². The van der Waals surface area contributed by atoms with Crippen LogP contribution in [0.5, 0.6) is 0 Å². The minimum absolute atomic E-state index is 0.149. The lowest BCUT2D eigenvalue weighted by Crippen LogP contribution is -2.27. The molecule has 1 aromatic carbocycles. The average Bonchev–Trinajstić information content (AvgIpc) is 3.08. The van der Waals surface area contributed by atoms with Gasteiger partial charge in [0.25, 0.3) is 5.69 Å². The van der Waals surface area contributed by atoms with Crippen molar-refractivity contribution in [3.8, 4) is 0 Å². The molecule has 0 amide bonds. The van der Waals surface area contributed by atoms with E-state index in [1.165, 1.54) is 12.1 Å². The predicted molar refractivity (Wildman–Crippen MR) is 109 cm³/mol. The van der Waals surface area contributed by atoms with Gasteiger partial charge in [-0.05, 0) is 63.1 Å². The van der Waals surface area contributed by atoms with E-state index in [9.17, 15) is 18.5 Å². The van der Waals surface area contributed by atoms with Gasteiger partial charge < -0.3 is 4.90 Å². The number of nitrogens with zero attached hydrogens (tertiary/aromatic N) is 5. The summed E-state index contributed by atoms with van der Waals surface area (Å²) in [4.78, 5) is 13.0. The highest BCUT2D eigenvalue weighted by molar-refractivity contribution is 7.99. The van der Waals surface area contributed by atoms with Crippen LogP contribution in [-0.2, 0) is 10.0 Å². The van der Waals surface area contributed by atoms with Crippen LogP contribution >= 0.6 is 11.8 Å². The summed E-state index contributed by atoms with van der Waals surface area (Å²) in [7, 11) is -0.0517. The molecule has 0 aliphatic carbocycles. The number of rotatable bonds is 9. The molecule has 29 heavy (non-hydrogen) atoms. The van der Waals surface area contributed by atoms with Crippen molar-refractivity contribution in [1.82, 2.24) is 24.2 Å². The molecule has 0 saturated heterocycles. The summed E-state index contributed by atoms with van der Waals surface area (Å²) < 4.78 is 29.1. The highest BCUT2D eigenvalue weighted by Gasteiger charge is 2.23. The average molecular weight is 437 g/mol. The van der Waals surface area contributed by atoms with E-state index in [-0.39, 0.29) is 22.0 Å². The van der Waals surface area contributed by atoms with Crippen LogP contribution < -0.4 is 4.72 Å². The Morgan fingerprint density at radius 1 is 1.24 bits per heavy atom. The van der Waals surface area contributed by atoms with Crippen molar-refractivity contribution in [1.29, 1.82) is 0 Å². The molecular formula is C17H20N6O4S2. The normalized spacial score (nSPS) is 12.0. The summed E-state index contributed by atoms with van der Waals surface area (Å²) >= 11 is 1.05. The van der Waals surface area contributed by atoms with E-state index in [4.69, 9.17) is 0 Å². The van der Waals surface area contributed by atoms with Crippen LogP contribution in [0.3, 0.4) is 0 Å². The number of sulfonamides is 1. The van der Waals surface area contributed by atoms with E-state index in [0.29, 0.717) is 17.2 Å². The number of hydrogen-bond donors (Lipinski definition) is 1. The predicted octanol–water partition coefficient (Wildman–Crippen LogP) is 2.02. The summed E-state index contributed by atoms with van der Waals surface area (Å²) in [5.74, 6) is 0. The first-order valence-corrected chi connectivity index (χ1v) is 11.0. The molecule has 0 unspecified atom stereocenters. The van der Waals surface area contributed by atoms with Crippen molar-refractivity contribution >= 4 is 33.1 Å². The second-order valence-corrected chi connectivity index (χ2v) is 9.23. The SMILES string of the molecule is CN(C)CCCNS(=O)(=O)c1ccc(Sc2nnc3ccccn23)c([N+](=O)[O-])c1. The number of nitro groups is 1. The Morgan fingerprint density at radius 3 is 2.76 bits per heavy atom. The van der Waals surface area contributed by atoms with Gasteiger partial charge in [-0.2, -0.15) is 0 Å². The summed E-state index contributed by atoms with van der Waals surface area (Å²) in [6.45, 7) is 0.973. The fraction of sp³-hybridized carbons (Fsp3) is 0.294. The molecule has 3 rings (SSSR count). The molecule has 10 nitrogen and oxygen atoms in total. The Balaban J connectivity index is 1.84. The van der Waals surface area contributed by atoms with E-state index in [1.54, 1.807) is 22.7 Å². The van der Waals surface area contributed by atoms with Gasteiger partial charge in [0.2, 0.25) is 15.2 Å². The summed E-state index contributed by atoms with van der Waals surface area (Å²) in [6, 6.07) is 9.22. The van der Waals surface area contributed by atoms with E-state index in [2.05, 4.69) is 14.9 Å². The number of fused-ring (bicyclic) bond motifs is 1. The van der Waals surface area contributed by atoms with E-state index in [1.807, 2.05) is 25.1 Å². The first-order valence-electron chi connectivity index (χ1n) is 8.68. The van der Waals surface area contributed by atoms with Crippen LogP contribution in [0.1, 0.15) is 6.42 Å². The quantitative estimate of drug-likeness (QED) is 0.307. The van der Waals surface area contributed by atoms with Crippen molar-refractivity contribution < 1.29 is 13.3 Å². The Hall–Kier alpha value is -2.54. The third kappa shape index (κ3) is 5.09. The van der Waals surface area contributed by atoms with Gasteiger partial charge in [-0.3, -0.25) is 14.5 Å². The number of pyridine rings is 1. The fourth-order valence-corrected chi connectivity index (χ4v) is 4.56. The van der Waals surface area contributed by atoms with Gasteiger partial charge in [0.05, 0.1) is 14.7 Å². The highest BCUT2D eigenvalue weighted by atomic mass is 32.2. The molecule has 0 aliphatic rings. The summed E-state index contributed by atoms with van der Waals surface area (Å²) in [6.07, 6.45) is 2.38. The lowest BCUT2D eigenvalue weighted by atomic mass is 10.3. The maximum Gasteiger partial charge on any atom is 0.284 e. The Kier molecular flexibility index (Phi) is 6.47. The van der Waals surface area contributed by atoms with Crippen molar-refractivity contribution in [2.75, 3.05) is 27.2 Å². The maximum atomic E-state index is 12.5. The van der Waals surface area contributed by atoms with Crippen LogP contribution in [0, 0.1) is 10.1 Å². The zero-order valence-electron chi connectivity index (χ0n) is 15.8. The van der Waals surface area contributed by atoms with Gasteiger partial charge in [-0.1, -0.05) is 6.07 Å². The first kappa shape index (κ1) is 21.2. The van der Waals surface area contributed by atoms with Gasteiger partial charge in [-0.25, -0.2) is 13.1 Å².